The van der Waals surface area contributed by atoms with Gasteiger partial charge in [-0.1, -0.05) is 6.92 Å². The average Bonchev–Trinajstić information content (AvgIpc) is 2.06. The third kappa shape index (κ3) is 1.55. The highest BCUT2D eigenvalue weighted by atomic mass is 16.3. The first kappa shape index (κ1) is 8.97. The number of aliphatic hydroxyl groups is 2. The van der Waals surface area contributed by atoms with E-state index in [1.165, 1.54) is 0 Å². The molecule has 1 unspecified atom stereocenters. The van der Waals surface area contributed by atoms with Gasteiger partial charge in [-0.15, -0.1) is 0 Å². The minimum absolute atomic E-state index is 0.104. The molecule has 0 aromatic rings. The molecule has 0 amide bonds. The van der Waals surface area contributed by atoms with Crippen molar-refractivity contribution >= 4 is 0 Å². The van der Waals surface area contributed by atoms with Gasteiger partial charge in [-0.3, -0.25) is 0 Å². The summed E-state index contributed by atoms with van der Waals surface area (Å²) >= 11 is 0. The number of piperidine rings is 1. The van der Waals surface area contributed by atoms with Crippen LogP contribution in [0, 0.1) is 11.3 Å². The zero-order valence-electron chi connectivity index (χ0n) is 7.01. The van der Waals surface area contributed by atoms with Crippen LogP contribution in [-0.4, -0.2) is 36.5 Å². The van der Waals surface area contributed by atoms with Crippen LogP contribution in [0.5, 0.6) is 0 Å². The molecular formula is C8H17NO2. The molecule has 0 aromatic carbocycles. The van der Waals surface area contributed by atoms with Crippen molar-refractivity contribution in [3.63, 3.8) is 0 Å². The molecule has 1 saturated heterocycles. The summed E-state index contributed by atoms with van der Waals surface area (Å²) in [7, 11) is 0. The number of hydrogen-bond acceptors (Lipinski definition) is 3. The Hall–Kier alpha value is -0.120. The van der Waals surface area contributed by atoms with Gasteiger partial charge in [0, 0.05) is 5.41 Å². The second-order valence-corrected chi connectivity index (χ2v) is 3.53. The van der Waals surface area contributed by atoms with Gasteiger partial charge in [0.2, 0.25) is 0 Å². The topological polar surface area (TPSA) is 52.5 Å². The number of hydrogen-bond donors (Lipinski definition) is 3. The lowest BCUT2D eigenvalue weighted by Gasteiger charge is -2.40. The van der Waals surface area contributed by atoms with E-state index < -0.39 is 0 Å². The van der Waals surface area contributed by atoms with Gasteiger partial charge < -0.3 is 15.5 Å². The minimum Gasteiger partial charge on any atom is -0.396 e. The zero-order valence-corrected chi connectivity index (χ0v) is 7.01. The Morgan fingerprint density at radius 3 is 2.45 bits per heavy atom. The standard InChI is InChI=1S/C8H17NO2/c1-7-4-9-3-2-8(7,5-10)6-11/h7,9-11H,2-6H2,1H3. The maximum absolute atomic E-state index is 9.12. The molecule has 11 heavy (non-hydrogen) atoms. The fourth-order valence-corrected chi connectivity index (χ4v) is 1.64. The summed E-state index contributed by atoms with van der Waals surface area (Å²) < 4.78 is 0. The molecule has 0 bridgehead atoms. The largest absolute Gasteiger partial charge is 0.396 e. The summed E-state index contributed by atoms with van der Waals surface area (Å²) in [6.45, 7) is 4.09. The van der Waals surface area contributed by atoms with Crippen LogP contribution in [0.25, 0.3) is 0 Å². The summed E-state index contributed by atoms with van der Waals surface area (Å²) in [6, 6.07) is 0. The monoisotopic (exact) mass is 159 g/mol. The Balaban J connectivity index is 2.61. The Morgan fingerprint density at radius 1 is 1.45 bits per heavy atom. The van der Waals surface area contributed by atoms with E-state index in [1.807, 2.05) is 0 Å². The van der Waals surface area contributed by atoms with E-state index in [0.717, 1.165) is 19.5 Å². The number of nitrogens with one attached hydrogen (secondary N) is 1. The first-order valence-corrected chi connectivity index (χ1v) is 4.17. The molecule has 1 rings (SSSR count). The SMILES string of the molecule is CC1CNCCC1(CO)CO. The molecule has 0 spiro atoms. The maximum Gasteiger partial charge on any atom is 0.0512 e. The van der Waals surface area contributed by atoms with Crippen molar-refractivity contribution in [1.82, 2.24) is 5.32 Å². The highest BCUT2D eigenvalue weighted by Gasteiger charge is 2.36. The van der Waals surface area contributed by atoms with Gasteiger partial charge in [-0.05, 0) is 25.4 Å². The van der Waals surface area contributed by atoms with Crippen molar-refractivity contribution < 1.29 is 10.2 Å². The van der Waals surface area contributed by atoms with Gasteiger partial charge in [0.05, 0.1) is 13.2 Å². The van der Waals surface area contributed by atoms with Gasteiger partial charge >= 0.3 is 0 Å². The highest BCUT2D eigenvalue weighted by Crippen LogP contribution is 2.32. The molecule has 0 aromatic heterocycles. The summed E-state index contributed by atoms with van der Waals surface area (Å²) in [5.41, 5.74) is -0.231. The third-order valence-corrected chi connectivity index (χ3v) is 2.93. The van der Waals surface area contributed by atoms with E-state index in [4.69, 9.17) is 10.2 Å². The van der Waals surface area contributed by atoms with Gasteiger partial charge in [-0.2, -0.15) is 0 Å². The second-order valence-electron chi connectivity index (χ2n) is 3.53. The smallest absolute Gasteiger partial charge is 0.0512 e. The molecule has 3 heteroatoms. The van der Waals surface area contributed by atoms with E-state index in [-0.39, 0.29) is 18.6 Å². The highest BCUT2D eigenvalue weighted by molar-refractivity contribution is 4.88. The normalized spacial score (nSPS) is 30.3. The van der Waals surface area contributed by atoms with Crippen LogP contribution < -0.4 is 5.32 Å². The molecule has 1 aliphatic heterocycles. The van der Waals surface area contributed by atoms with E-state index in [0.29, 0.717) is 5.92 Å². The van der Waals surface area contributed by atoms with Gasteiger partial charge in [-0.25, -0.2) is 0 Å². The van der Waals surface area contributed by atoms with Crippen LogP contribution in [0.15, 0.2) is 0 Å². The fourth-order valence-electron chi connectivity index (χ4n) is 1.64. The van der Waals surface area contributed by atoms with E-state index in [9.17, 15) is 0 Å². The Labute approximate surface area is 67.4 Å². The predicted molar refractivity (Wildman–Crippen MR) is 43.3 cm³/mol. The lowest BCUT2D eigenvalue weighted by molar-refractivity contribution is -0.0104. The predicted octanol–water partition coefficient (Wildman–Crippen LogP) is -0.413. The first-order valence-electron chi connectivity index (χ1n) is 4.17. The van der Waals surface area contributed by atoms with E-state index >= 15 is 0 Å². The molecule has 1 heterocycles. The molecule has 1 atom stereocenters. The van der Waals surface area contributed by atoms with Crippen LogP contribution in [0.4, 0.5) is 0 Å². The summed E-state index contributed by atoms with van der Waals surface area (Å²) in [5.74, 6) is 0.367. The summed E-state index contributed by atoms with van der Waals surface area (Å²) in [4.78, 5) is 0. The summed E-state index contributed by atoms with van der Waals surface area (Å²) in [5, 5.41) is 21.5. The van der Waals surface area contributed by atoms with Crippen molar-refractivity contribution in [2.45, 2.75) is 13.3 Å². The first-order chi connectivity index (χ1) is 5.25. The average molecular weight is 159 g/mol. The third-order valence-electron chi connectivity index (χ3n) is 2.93. The van der Waals surface area contributed by atoms with E-state index in [2.05, 4.69) is 12.2 Å². The number of rotatable bonds is 2. The second kappa shape index (κ2) is 3.52. The zero-order chi connectivity index (χ0) is 8.32. The van der Waals surface area contributed by atoms with Crippen molar-refractivity contribution in [2.24, 2.45) is 11.3 Å². The Morgan fingerprint density at radius 2 is 2.09 bits per heavy atom. The van der Waals surface area contributed by atoms with Gasteiger partial charge in [0.15, 0.2) is 0 Å². The van der Waals surface area contributed by atoms with Crippen molar-refractivity contribution in [3.8, 4) is 0 Å². The summed E-state index contributed by atoms with van der Waals surface area (Å²) in [6.07, 6.45) is 0.876. The van der Waals surface area contributed by atoms with Gasteiger partial charge in [0.25, 0.3) is 0 Å². The van der Waals surface area contributed by atoms with Crippen molar-refractivity contribution in [1.29, 1.82) is 0 Å². The molecule has 1 aliphatic rings. The molecule has 0 radical (unpaired) electrons. The minimum atomic E-state index is -0.231. The molecular weight excluding hydrogens is 142 g/mol. The van der Waals surface area contributed by atoms with Gasteiger partial charge in [0.1, 0.15) is 0 Å². The fraction of sp³-hybridized carbons (Fsp3) is 1.00. The molecule has 1 fully saturated rings. The van der Waals surface area contributed by atoms with Crippen molar-refractivity contribution in [2.75, 3.05) is 26.3 Å². The van der Waals surface area contributed by atoms with Crippen LogP contribution in [0.3, 0.4) is 0 Å². The van der Waals surface area contributed by atoms with E-state index in [1.54, 1.807) is 0 Å². The van der Waals surface area contributed by atoms with Crippen molar-refractivity contribution in [3.05, 3.63) is 0 Å². The lowest BCUT2D eigenvalue weighted by atomic mass is 9.73. The lowest BCUT2D eigenvalue weighted by Crippen LogP contribution is -2.48. The molecule has 0 saturated carbocycles. The van der Waals surface area contributed by atoms with Crippen LogP contribution in [0.2, 0.25) is 0 Å². The van der Waals surface area contributed by atoms with Crippen LogP contribution in [0.1, 0.15) is 13.3 Å². The molecule has 3 N–H and O–H groups in total. The molecule has 3 nitrogen and oxygen atoms in total. The van der Waals surface area contributed by atoms with Crippen LogP contribution in [-0.2, 0) is 0 Å². The number of aliphatic hydroxyl groups excluding tert-OH is 2. The Bertz CT molecular complexity index is 123. The Kier molecular flexibility index (Phi) is 2.87. The van der Waals surface area contributed by atoms with Crippen LogP contribution >= 0.6 is 0 Å². The maximum atomic E-state index is 9.12. The molecule has 0 aliphatic carbocycles. The molecule has 66 valence electrons. The quantitative estimate of drug-likeness (QED) is 0.513.